The van der Waals surface area contributed by atoms with E-state index in [0.29, 0.717) is 12.6 Å². The Morgan fingerprint density at radius 2 is 1.85 bits per heavy atom. The zero-order valence-electron chi connectivity index (χ0n) is 12.8. The molecule has 0 radical (unpaired) electrons. The van der Waals surface area contributed by atoms with Crippen LogP contribution in [0.4, 0.5) is 0 Å². The molecule has 0 spiro atoms. The van der Waals surface area contributed by atoms with E-state index in [2.05, 4.69) is 10.2 Å². The Kier molecular flexibility index (Phi) is 5.81. The Balaban J connectivity index is 1.70. The predicted octanol–water partition coefficient (Wildman–Crippen LogP) is 0.432. The minimum atomic E-state index is -0.169. The van der Waals surface area contributed by atoms with Crippen LogP contribution in [0.15, 0.2) is 0 Å². The van der Waals surface area contributed by atoms with Crippen LogP contribution in [0.2, 0.25) is 0 Å². The number of rotatable bonds is 4. The highest BCUT2D eigenvalue weighted by Crippen LogP contribution is 2.20. The highest BCUT2D eigenvalue weighted by atomic mass is 16.3. The molecule has 1 amide bonds. The number of piperidine rings is 1. The molecular weight excluding hydrogens is 254 g/mol. The summed E-state index contributed by atoms with van der Waals surface area (Å²) in [6.45, 7) is 2.48. The second-order valence-corrected chi connectivity index (χ2v) is 6.46. The molecule has 5 nitrogen and oxygen atoms in total. The summed E-state index contributed by atoms with van der Waals surface area (Å²) in [6, 6.07) is 0.780. The zero-order chi connectivity index (χ0) is 14.5. The Morgan fingerprint density at radius 1 is 1.20 bits per heavy atom. The van der Waals surface area contributed by atoms with Crippen molar-refractivity contribution in [1.29, 1.82) is 0 Å². The largest absolute Gasteiger partial charge is 0.392 e. The summed E-state index contributed by atoms with van der Waals surface area (Å²) in [5.41, 5.74) is 0. The van der Waals surface area contributed by atoms with Gasteiger partial charge in [0.1, 0.15) is 0 Å². The number of carbonyl (C=O) groups is 1. The number of amides is 1. The molecule has 1 saturated carbocycles. The molecule has 0 aromatic rings. The summed E-state index contributed by atoms with van der Waals surface area (Å²) in [5.74, 6) is 0.180. The molecule has 116 valence electrons. The van der Waals surface area contributed by atoms with Gasteiger partial charge in [-0.15, -0.1) is 0 Å². The molecule has 2 N–H and O–H groups in total. The summed E-state index contributed by atoms with van der Waals surface area (Å²) in [6.07, 6.45) is 6.40. The number of nitrogens with zero attached hydrogens (tertiary/aromatic N) is 2. The van der Waals surface area contributed by atoms with Gasteiger partial charge in [-0.1, -0.05) is 12.8 Å². The molecule has 1 aliphatic carbocycles. The van der Waals surface area contributed by atoms with Crippen molar-refractivity contribution in [2.45, 2.75) is 56.7 Å². The predicted molar refractivity (Wildman–Crippen MR) is 79.6 cm³/mol. The van der Waals surface area contributed by atoms with Gasteiger partial charge in [0.2, 0.25) is 5.91 Å². The number of nitrogens with one attached hydrogen (secondary N) is 1. The van der Waals surface area contributed by atoms with Gasteiger partial charge in [-0.2, -0.15) is 0 Å². The first kappa shape index (κ1) is 15.7. The lowest BCUT2D eigenvalue weighted by molar-refractivity contribution is -0.130. The number of carbonyl (C=O) groups excluding carboxylic acids is 1. The van der Waals surface area contributed by atoms with Crippen molar-refractivity contribution in [3.8, 4) is 0 Å². The fourth-order valence-electron chi connectivity index (χ4n) is 3.20. The number of aliphatic hydroxyl groups excluding tert-OH is 1. The summed E-state index contributed by atoms with van der Waals surface area (Å²) >= 11 is 0. The first-order chi connectivity index (χ1) is 9.56. The van der Waals surface area contributed by atoms with Gasteiger partial charge >= 0.3 is 0 Å². The van der Waals surface area contributed by atoms with E-state index in [0.717, 1.165) is 45.2 Å². The lowest BCUT2D eigenvalue weighted by Crippen LogP contribution is -2.51. The fraction of sp³-hybridized carbons (Fsp3) is 0.933. The third-order valence-corrected chi connectivity index (χ3v) is 4.62. The van der Waals surface area contributed by atoms with Crippen molar-refractivity contribution in [3.05, 3.63) is 0 Å². The second-order valence-electron chi connectivity index (χ2n) is 6.46. The Bertz CT molecular complexity index is 314. The van der Waals surface area contributed by atoms with E-state index < -0.39 is 0 Å². The summed E-state index contributed by atoms with van der Waals surface area (Å²) in [7, 11) is 3.61. The number of likely N-dealkylation sites (N-methyl/N-ethyl adjacent to an activating group) is 1. The molecule has 5 heteroatoms. The molecule has 2 atom stereocenters. The zero-order valence-corrected chi connectivity index (χ0v) is 12.8. The summed E-state index contributed by atoms with van der Waals surface area (Å²) in [5, 5.41) is 13.6. The molecular formula is C15H29N3O2. The van der Waals surface area contributed by atoms with E-state index in [-0.39, 0.29) is 18.1 Å². The third-order valence-electron chi connectivity index (χ3n) is 4.62. The van der Waals surface area contributed by atoms with Crippen molar-refractivity contribution in [3.63, 3.8) is 0 Å². The van der Waals surface area contributed by atoms with Crippen molar-refractivity contribution in [2.75, 3.05) is 33.7 Å². The molecule has 2 rings (SSSR count). The average Bonchev–Trinajstić information content (AvgIpc) is 2.43. The van der Waals surface area contributed by atoms with Crippen molar-refractivity contribution in [1.82, 2.24) is 15.1 Å². The minimum absolute atomic E-state index is 0.169. The van der Waals surface area contributed by atoms with Crippen molar-refractivity contribution < 1.29 is 9.90 Å². The molecule has 2 fully saturated rings. The van der Waals surface area contributed by atoms with Crippen LogP contribution in [0, 0.1) is 0 Å². The van der Waals surface area contributed by atoms with Crippen LogP contribution in [-0.2, 0) is 4.79 Å². The molecule has 1 heterocycles. The highest BCUT2D eigenvalue weighted by Gasteiger charge is 2.27. The molecule has 20 heavy (non-hydrogen) atoms. The molecule has 0 aromatic heterocycles. The van der Waals surface area contributed by atoms with Crippen molar-refractivity contribution >= 4 is 5.91 Å². The first-order valence-corrected chi connectivity index (χ1v) is 7.93. The van der Waals surface area contributed by atoms with Crippen LogP contribution in [-0.4, -0.2) is 72.7 Å². The van der Waals surface area contributed by atoms with Crippen LogP contribution < -0.4 is 5.32 Å². The Morgan fingerprint density at radius 3 is 2.45 bits per heavy atom. The number of aliphatic hydroxyl groups is 1. The molecule has 1 aliphatic heterocycles. The Labute approximate surface area is 122 Å². The number of likely N-dealkylation sites (tertiary alicyclic amines) is 1. The maximum absolute atomic E-state index is 11.7. The molecule has 0 bridgehead atoms. The molecule has 0 aromatic carbocycles. The van der Waals surface area contributed by atoms with E-state index in [4.69, 9.17) is 0 Å². The third kappa shape index (κ3) is 4.43. The van der Waals surface area contributed by atoms with E-state index in [1.54, 1.807) is 19.0 Å². The van der Waals surface area contributed by atoms with Gasteiger partial charge in [0.15, 0.2) is 0 Å². The van der Waals surface area contributed by atoms with Gasteiger partial charge in [-0.3, -0.25) is 9.69 Å². The number of hydrogen-bond acceptors (Lipinski definition) is 4. The molecule has 2 unspecified atom stereocenters. The van der Waals surface area contributed by atoms with Gasteiger partial charge in [0.05, 0.1) is 12.6 Å². The van der Waals surface area contributed by atoms with Gasteiger partial charge < -0.3 is 15.3 Å². The average molecular weight is 283 g/mol. The lowest BCUT2D eigenvalue weighted by Gasteiger charge is -2.37. The highest BCUT2D eigenvalue weighted by molar-refractivity contribution is 5.77. The van der Waals surface area contributed by atoms with E-state index >= 15 is 0 Å². The van der Waals surface area contributed by atoms with Crippen LogP contribution in [0.1, 0.15) is 38.5 Å². The fourth-order valence-corrected chi connectivity index (χ4v) is 3.20. The van der Waals surface area contributed by atoms with E-state index in [9.17, 15) is 9.90 Å². The van der Waals surface area contributed by atoms with E-state index in [1.807, 2.05) is 0 Å². The monoisotopic (exact) mass is 283 g/mol. The van der Waals surface area contributed by atoms with Crippen LogP contribution in [0.3, 0.4) is 0 Å². The maximum Gasteiger partial charge on any atom is 0.236 e. The van der Waals surface area contributed by atoms with Crippen LogP contribution in [0.5, 0.6) is 0 Å². The van der Waals surface area contributed by atoms with Gasteiger partial charge in [0, 0.05) is 39.3 Å². The van der Waals surface area contributed by atoms with Gasteiger partial charge in [-0.05, 0) is 25.7 Å². The second kappa shape index (κ2) is 7.38. The van der Waals surface area contributed by atoms with Crippen LogP contribution in [0.25, 0.3) is 0 Å². The normalized spacial score (nSPS) is 29.4. The SMILES string of the molecule is CN(C)C(=O)CN1CCC(NC2CCCCC2O)CC1. The first-order valence-electron chi connectivity index (χ1n) is 7.93. The Hall–Kier alpha value is -0.650. The molecule has 1 saturated heterocycles. The topological polar surface area (TPSA) is 55.8 Å². The van der Waals surface area contributed by atoms with E-state index in [1.165, 1.54) is 6.42 Å². The van der Waals surface area contributed by atoms with Crippen molar-refractivity contribution in [2.24, 2.45) is 0 Å². The summed E-state index contributed by atoms with van der Waals surface area (Å²) in [4.78, 5) is 15.6. The van der Waals surface area contributed by atoms with Gasteiger partial charge in [0.25, 0.3) is 0 Å². The van der Waals surface area contributed by atoms with Crippen LogP contribution >= 0.6 is 0 Å². The number of hydrogen-bond donors (Lipinski definition) is 2. The minimum Gasteiger partial charge on any atom is -0.392 e. The smallest absolute Gasteiger partial charge is 0.236 e. The lowest BCUT2D eigenvalue weighted by atomic mass is 9.91. The quantitative estimate of drug-likeness (QED) is 0.786. The standard InChI is InChI=1S/C15H29N3O2/c1-17(2)15(20)11-18-9-7-12(8-10-18)16-13-5-3-4-6-14(13)19/h12-14,16,19H,3-11H2,1-2H3. The maximum atomic E-state index is 11.7. The summed E-state index contributed by atoms with van der Waals surface area (Å²) < 4.78 is 0. The molecule has 2 aliphatic rings. The van der Waals surface area contributed by atoms with Gasteiger partial charge in [-0.25, -0.2) is 0 Å².